The van der Waals surface area contributed by atoms with Crippen molar-refractivity contribution in [2.75, 3.05) is 13.1 Å². The van der Waals surface area contributed by atoms with Crippen molar-refractivity contribution in [1.29, 1.82) is 0 Å². The molecular weight excluding hydrogens is 364 g/mol. The lowest BCUT2D eigenvalue weighted by atomic mass is 10.2. The Hall–Kier alpha value is -2.29. The van der Waals surface area contributed by atoms with Gasteiger partial charge in [0, 0.05) is 37.0 Å². The number of hydrogen-bond acceptors (Lipinski definition) is 6. The summed E-state index contributed by atoms with van der Waals surface area (Å²) in [4.78, 5) is 28.9. The van der Waals surface area contributed by atoms with Gasteiger partial charge in [-0.3, -0.25) is 14.9 Å². The van der Waals surface area contributed by atoms with Crippen molar-refractivity contribution in [3.63, 3.8) is 0 Å². The van der Waals surface area contributed by atoms with Gasteiger partial charge >= 0.3 is 0 Å². The Morgan fingerprint density at radius 2 is 2.24 bits per heavy atom. The fourth-order valence-corrected chi connectivity index (χ4v) is 2.96. The van der Waals surface area contributed by atoms with E-state index in [9.17, 15) is 14.9 Å². The molecule has 0 atom stereocenters. The van der Waals surface area contributed by atoms with Gasteiger partial charge in [-0.1, -0.05) is 18.2 Å². The monoisotopic (exact) mass is 382 g/mol. The van der Waals surface area contributed by atoms with Crippen molar-refractivity contribution < 1.29 is 9.72 Å². The van der Waals surface area contributed by atoms with E-state index in [4.69, 9.17) is 5.73 Å². The van der Waals surface area contributed by atoms with Crippen molar-refractivity contribution in [3.05, 3.63) is 68.7 Å². The fraction of sp³-hybridized carbons (Fsp3) is 0.250. The standard InChI is InChI=1S/C16H18N4O3S.ClH/c1-2-8-19(10-12-4-3-5-13(9-12)20(22)23)16(21)14-11-24-15(18-14)6-7-17;/h2-5,9,11H,1,6-8,10,17H2;1H. The maximum atomic E-state index is 12.6. The molecule has 0 radical (unpaired) electrons. The Morgan fingerprint density at radius 3 is 2.88 bits per heavy atom. The van der Waals surface area contributed by atoms with E-state index >= 15 is 0 Å². The van der Waals surface area contributed by atoms with Crippen molar-refractivity contribution in [1.82, 2.24) is 9.88 Å². The number of amides is 1. The van der Waals surface area contributed by atoms with Crippen LogP contribution >= 0.6 is 23.7 Å². The molecule has 9 heteroatoms. The molecule has 25 heavy (non-hydrogen) atoms. The van der Waals surface area contributed by atoms with Gasteiger partial charge < -0.3 is 10.6 Å². The first-order valence-corrected chi connectivity index (χ1v) is 8.21. The molecule has 2 aromatic rings. The molecule has 134 valence electrons. The van der Waals surface area contributed by atoms with Crippen LogP contribution < -0.4 is 5.73 Å². The van der Waals surface area contributed by atoms with Crippen LogP contribution in [0, 0.1) is 10.1 Å². The molecule has 1 aromatic heterocycles. The van der Waals surface area contributed by atoms with E-state index in [2.05, 4.69) is 11.6 Å². The minimum Gasteiger partial charge on any atom is -0.330 e. The molecule has 0 aliphatic heterocycles. The summed E-state index contributed by atoms with van der Waals surface area (Å²) in [6, 6.07) is 6.23. The number of rotatable bonds is 8. The summed E-state index contributed by atoms with van der Waals surface area (Å²) in [6.45, 7) is 4.71. The van der Waals surface area contributed by atoms with Crippen molar-refractivity contribution in [2.45, 2.75) is 13.0 Å². The molecule has 2 N–H and O–H groups in total. The molecule has 7 nitrogen and oxygen atoms in total. The predicted molar refractivity (Wildman–Crippen MR) is 100 cm³/mol. The van der Waals surface area contributed by atoms with Crippen molar-refractivity contribution in [3.8, 4) is 0 Å². The van der Waals surface area contributed by atoms with Crippen LogP contribution in [-0.4, -0.2) is 33.8 Å². The molecule has 0 fully saturated rings. The molecule has 2 rings (SSSR count). The summed E-state index contributed by atoms with van der Waals surface area (Å²) in [7, 11) is 0. The fourth-order valence-electron chi connectivity index (χ4n) is 2.17. The molecule has 0 aliphatic rings. The van der Waals surface area contributed by atoms with Gasteiger partial charge in [0.2, 0.25) is 0 Å². The number of nitrogens with two attached hydrogens (primary N) is 1. The van der Waals surface area contributed by atoms with E-state index in [-0.39, 0.29) is 30.5 Å². The second-order valence-corrected chi connectivity index (χ2v) is 6.01. The number of nitro groups is 1. The molecule has 1 heterocycles. The number of aromatic nitrogens is 1. The Labute approximate surface area is 155 Å². The lowest BCUT2D eigenvalue weighted by Crippen LogP contribution is -2.31. The second kappa shape index (κ2) is 9.87. The van der Waals surface area contributed by atoms with Crippen LogP contribution in [0.25, 0.3) is 0 Å². The number of nitro benzene ring substituents is 1. The molecule has 0 unspecified atom stereocenters. The van der Waals surface area contributed by atoms with Gasteiger partial charge in [0.05, 0.1) is 9.93 Å². The number of thiazole rings is 1. The number of non-ortho nitro benzene ring substituents is 1. The van der Waals surface area contributed by atoms with Gasteiger partial charge in [0.1, 0.15) is 5.69 Å². The number of carbonyl (C=O) groups is 1. The summed E-state index contributed by atoms with van der Waals surface area (Å²) in [5, 5.41) is 13.4. The van der Waals surface area contributed by atoms with E-state index in [1.54, 1.807) is 28.5 Å². The third-order valence-corrected chi connectivity index (χ3v) is 4.17. The average Bonchev–Trinajstić information content (AvgIpc) is 3.03. The molecule has 0 saturated heterocycles. The maximum Gasteiger partial charge on any atom is 0.273 e. The number of benzene rings is 1. The van der Waals surface area contributed by atoms with Gasteiger partial charge in [-0.15, -0.1) is 30.3 Å². The summed E-state index contributed by atoms with van der Waals surface area (Å²) >= 11 is 1.40. The number of carbonyl (C=O) groups excluding carboxylic acids is 1. The van der Waals surface area contributed by atoms with Gasteiger partial charge in [-0.25, -0.2) is 4.98 Å². The molecule has 1 aromatic carbocycles. The highest BCUT2D eigenvalue weighted by Gasteiger charge is 2.19. The lowest BCUT2D eigenvalue weighted by molar-refractivity contribution is -0.384. The molecule has 0 spiro atoms. The van der Waals surface area contributed by atoms with Crippen LogP contribution in [0.1, 0.15) is 21.1 Å². The zero-order valence-corrected chi connectivity index (χ0v) is 15.1. The highest BCUT2D eigenvalue weighted by molar-refractivity contribution is 7.09. The van der Waals surface area contributed by atoms with Crippen LogP contribution in [0.4, 0.5) is 5.69 Å². The summed E-state index contributed by atoms with van der Waals surface area (Å²) in [6.07, 6.45) is 2.24. The van der Waals surface area contributed by atoms with E-state index in [1.807, 2.05) is 0 Å². The van der Waals surface area contributed by atoms with E-state index in [0.29, 0.717) is 30.8 Å². The molecule has 0 bridgehead atoms. The summed E-state index contributed by atoms with van der Waals surface area (Å²) in [5.74, 6) is -0.235. The first kappa shape index (κ1) is 20.8. The number of halogens is 1. The molecule has 1 amide bonds. The summed E-state index contributed by atoms with van der Waals surface area (Å²) < 4.78 is 0. The van der Waals surface area contributed by atoms with Crippen LogP contribution in [0.3, 0.4) is 0 Å². The average molecular weight is 383 g/mol. The van der Waals surface area contributed by atoms with Crippen LogP contribution in [0.15, 0.2) is 42.3 Å². The van der Waals surface area contributed by atoms with Crippen molar-refractivity contribution in [2.24, 2.45) is 5.73 Å². The Bertz CT molecular complexity index is 750. The first-order valence-electron chi connectivity index (χ1n) is 7.33. The Morgan fingerprint density at radius 1 is 1.48 bits per heavy atom. The highest BCUT2D eigenvalue weighted by atomic mass is 35.5. The van der Waals surface area contributed by atoms with Crippen LogP contribution in [0.2, 0.25) is 0 Å². The zero-order valence-electron chi connectivity index (χ0n) is 13.5. The predicted octanol–water partition coefficient (Wildman–Crippen LogP) is 2.80. The van der Waals surface area contributed by atoms with Gasteiger partial charge in [0.15, 0.2) is 0 Å². The third-order valence-electron chi connectivity index (χ3n) is 3.26. The molecule has 0 saturated carbocycles. The third kappa shape index (κ3) is 5.63. The van der Waals surface area contributed by atoms with E-state index in [0.717, 1.165) is 5.01 Å². The Balaban J connectivity index is 0.00000312. The number of hydrogen-bond donors (Lipinski definition) is 1. The minimum absolute atomic E-state index is 0. The second-order valence-electron chi connectivity index (χ2n) is 5.07. The molecular formula is C16H19ClN4O3S. The van der Waals surface area contributed by atoms with Gasteiger partial charge in [-0.2, -0.15) is 0 Å². The lowest BCUT2D eigenvalue weighted by Gasteiger charge is -2.20. The van der Waals surface area contributed by atoms with Crippen molar-refractivity contribution >= 4 is 35.3 Å². The first-order chi connectivity index (χ1) is 11.5. The van der Waals surface area contributed by atoms with E-state index < -0.39 is 4.92 Å². The summed E-state index contributed by atoms with van der Waals surface area (Å²) in [5.41, 5.74) is 6.53. The largest absolute Gasteiger partial charge is 0.330 e. The zero-order chi connectivity index (χ0) is 17.5. The smallest absolute Gasteiger partial charge is 0.273 e. The maximum absolute atomic E-state index is 12.6. The molecule has 0 aliphatic carbocycles. The quantitative estimate of drug-likeness (QED) is 0.429. The SMILES string of the molecule is C=CCN(Cc1cccc([N+](=O)[O-])c1)C(=O)c1csc(CCN)n1.Cl. The minimum atomic E-state index is -0.456. The highest BCUT2D eigenvalue weighted by Crippen LogP contribution is 2.17. The van der Waals surface area contributed by atoms with Gasteiger partial charge in [0.25, 0.3) is 11.6 Å². The normalized spacial score (nSPS) is 9.96. The van der Waals surface area contributed by atoms with E-state index in [1.165, 1.54) is 23.5 Å². The van der Waals surface area contributed by atoms with Gasteiger partial charge in [-0.05, 0) is 12.1 Å². The topological polar surface area (TPSA) is 102 Å². The Kier molecular flexibility index (Phi) is 8.20. The van der Waals surface area contributed by atoms with Crippen LogP contribution in [0.5, 0.6) is 0 Å². The van der Waals surface area contributed by atoms with Crippen LogP contribution in [-0.2, 0) is 13.0 Å². The number of nitrogens with zero attached hydrogens (tertiary/aromatic N) is 3.